The van der Waals surface area contributed by atoms with Crippen LogP contribution in [0.1, 0.15) is 31.9 Å². The molecule has 158 valence electrons. The summed E-state index contributed by atoms with van der Waals surface area (Å²) in [6.45, 7) is 3.97. The summed E-state index contributed by atoms with van der Waals surface area (Å²) in [5.74, 6) is 0.210. The van der Waals surface area contributed by atoms with Crippen LogP contribution >= 0.6 is 0 Å². The maximum Gasteiger partial charge on any atom is 0.294 e. The van der Waals surface area contributed by atoms with E-state index < -0.39 is 17.7 Å². The standard InChI is InChI=1S/C23H25NO6/c1-5-17(25)20-21(14-7-12-18(29-4)19(13-14)30-6-2)24(23(27)22(20)26)15-8-10-16(28-3)11-9-15/h7-13,21,26H,5-6H2,1-4H3. The van der Waals surface area contributed by atoms with Crippen molar-refractivity contribution >= 4 is 17.4 Å². The summed E-state index contributed by atoms with van der Waals surface area (Å²) in [6, 6.07) is 11.3. The van der Waals surface area contributed by atoms with E-state index in [9.17, 15) is 14.7 Å². The zero-order valence-corrected chi connectivity index (χ0v) is 17.5. The summed E-state index contributed by atoms with van der Waals surface area (Å²) in [4.78, 5) is 27.1. The van der Waals surface area contributed by atoms with Crippen LogP contribution in [0.2, 0.25) is 0 Å². The fraction of sp³-hybridized carbons (Fsp3) is 0.304. The lowest BCUT2D eigenvalue weighted by Gasteiger charge is -2.27. The maximum absolute atomic E-state index is 13.0. The molecule has 1 N–H and O–H groups in total. The number of ketones is 1. The number of aliphatic hydroxyl groups excluding tert-OH is 1. The number of aliphatic hydroxyl groups is 1. The molecule has 3 rings (SSSR count). The fourth-order valence-electron chi connectivity index (χ4n) is 3.54. The summed E-state index contributed by atoms with van der Waals surface area (Å²) in [5, 5.41) is 10.6. The monoisotopic (exact) mass is 411 g/mol. The third kappa shape index (κ3) is 3.70. The summed E-state index contributed by atoms with van der Waals surface area (Å²) >= 11 is 0. The number of rotatable bonds is 8. The summed E-state index contributed by atoms with van der Waals surface area (Å²) in [7, 11) is 3.09. The summed E-state index contributed by atoms with van der Waals surface area (Å²) in [6.07, 6.45) is 0.161. The van der Waals surface area contributed by atoms with Crippen molar-refractivity contribution in [3.63, 3.8) is 0 Å². The fourth-order valence-corrected chi connectivity index (χ4v) is 3.54. The minimum atomic E-state index is -0.788. The third-order valence-corrected chi connectivity index (χ3v) is 4.98. The van der Waals surface area contributed by atoms with Crippen molar-refractivity contribution in [1.82, 2.24) is 0 Å². The largest absolute Gasteiger partial charge is 0.503 e. The van der Waals surface area contributed by atoms with Crippen molar-refractivity contribution in [3.05, 3.63) is 59.4 Å². The number of nitrogens with zero attached hydrogens (tertiary/aromatic N) is 1. The van der Waals surface area contributed by atoms with Crippen molar-refractivity contribution in [2.75, 3.05) is 25.7 Å². The van der Waals surface area contributed by atoms with E-state index in [1.54, 1.807) is 56.5 Å². The Labute approximate surface area is 175 Å². The van der Waals surface area contributed by atoms with Crippen LogP contribution in [0, 0.1) is 0 Å². The zero-order valence-electron chi connectivity index (χ0n) is 17.5. The van der Waals surface area contributed by atoms with Crippen LogP contribution in [0.25, 0.3) is 0 Å². The SMILES string of the molecule is CCOc1cc(C2C(C(=O)CC)=C(O)C(=O)N2c2ccc(OC)cc2)ccc1OC. The first kappa shape index (κ1) is 21.2. The lowest BCUT2D eigenvalue weighted by molar-refractivity contribution is -0.118. The van der Waals surface area contributed by atoms with Gasteiger partial charge in [0.15, 0.2) is 23.0 Å². The van der Waals surface area contributed by atoms with Crippen molar-refractivity contribution < 1.29 is 28.9 Å². The summed E-state index contributed by atoms with van der Waals surface area (Å²) in [5.41, 5.74) is 1.24. The molecule has 1 atom stereocenters. The Balaban J connectivity index is 2.16. The number of amides is 1. The Bertz CT molecular complexity index is 980. The van der Waals surface area contributed by atoms with Crippen molar-refractivity contribution in [1.29, 1.82) is 0 Å². The van der Waals surface area contributed by atoms with Gasteiger partial charge >= 0.3 is 0 Å². The van der Waals surface area contributed by atoms with E-state index in [-0.39, 0.29) is 17.8 Å². The molecule has 0 radical (unpaired) electrons. The average Bonchev–Trinajstić information content (AvgIpc) is 3.04. The molecule has 30 heavy (non-hydrogen) atoms. The van der Waals surface area contributed by atoms with Crippen molar-refractivity contribution in [2.24, 2.45) is 0 Å². The first-order valence-corrected chi connectivity index (χ1v) is 9.71. The molecule has 2 aromatic rings. The van der Waals surface area contributed by atoms with Crippen LogP contribution in [0.5, 0.6) is 17.2 Å². The van der Waals surface area contributed by atoms with Crippen LogP contribution in [0.15, 0.2) is 53.8 Å². The number of hydrogen-bond donors (Lipinski definition) is 1. The average molecular weight is 411 g/mol. The molecule has 0 saturated carbocycles. The van der Waals surface area contributed by atoms with Crippen LogP contribution < -0.4 is 19.1 Å². The Morgan fingerprint density at radius 1 is 1.03 bits per heavy atom. The topological polar surface area (TPSA) is 85.3 Å². The van der Waals surface area contributed by atoms with Gasteiger partial charge in [-0.25, -0.2) is 0 Å². The molecular weight excluding hydrogens is 386 g/mol. The third-order valence-electron chi connectivity index (χ3n) is 4.98. The van der Waals surface area contributed by atoms with Gasteiger partial charge in [-0.1, -0.05) is 13.0 Å². The van der Waals surface area contributed by atoms with Gasteiger partial charge in [0.2, 0.25) is 0 Å². The lowest BCUT2D eigenvalue weighted by atomic mass is 9.94. The predicted molar refractivity (Wildman–Crippen MR) is 112 cm³/mol. The molecule has 0 bridgehead atoms. The highest BCUT2D eigenvalue weighted by Crippen LogP contribution is 2.43. The van der Waals surface area contributed by atoms with Gasteiger partial charge in [-0.3, -0.25) is 14.5 Å². The number of carbonyl (C=O) groups excluding carboxylic acids is 2. The van der Waals surface area contributed by atoms with E-state index in [0.717, 1.165) is 0 Å². The first-order valence-electron chi connectivity index (χ1n) is 9.71. The molecule has 1 heterocycles. The molecule has 1 unspecified atom stereocenters. The van der Waals surface area contributed by atoms with Crippen molar-refractivity contribution in [3.8, 4) is 17.2 Å². The number of hydrogen-bond acceptors (Lipinski definition) is 6. The molecule has 0 fully saturated rings. The lowest BCUT2D eigenvalue weighted by Crippen LogP contribution is -2.31. The van der Waals surface area contributed by atoms with E-state index in [1.165, 1.54) is 12.0 Å². The minimum Gasteiger partial charge on any atom is -0.503 e. The number of methoxy groups -OCH3 is 2. The van der Waals surface area contributed by atoms with Gasteiger partial charge in [0, 0.05) is 12.1 Å². The number of benzene rings is 2. The quantitative estimate of drug-likeness (QED) is 0.707. The van der Waals surface area contributed by atoms with Gasteiger partial charge < -0.3 is 19.3 Å². The molecule has 0 aromatic heterocycles. The smallest absolute Gasteiger partial charge is 0.294 e. The Kier molecular flexibility index (Phi) is 6.30. The van der Waals surface area contributed by atoms with Gasteiger partial charge in [0.05, 0.1) is 32.4 Å². The minimum absolute atomic E-state index is 0.0749. The highest BCUT2D eigenvalue weighted by molar-refractivity contribution is 6.16. The molecule has 0 saturated heterocycles. The second-order valence-corrected chi connectivity index (χ2v) is 6.66. The number of carbonyl (C=O) groups is 2. The molecular formula is C23H25NO6. The second-order valence-electron chi connectivity index (χ2n) is 6.66. The Morgan fingerprint density at radius 3 is 2.30 bits per heavy atom. The molecule has 1 amide bonds. The number of ether oxygens (including phenoxy) is 3. The second kappa shape index (κ2) is 8.90. The van der Waals surface area contributed by atoms with Crippen LogP contribution in [0.4, 0.5) is 5.69 Å². The Hall–Kier alpha value is -3.48. The highest BCUT2D eigenvalue weighted by atomic mass is 16.5. The number of anilines is 1. The van der Waals surface area contributed by atoms with Crippen LogP contribution in [-0.4, -0.2) is 37.6 Å². The molecule has 1 aliphatic heterocycles. The molecule has 7 nitrogen and oxygen atoms in total. The van der Waals surface area contributed by atoms with Crippen LogP contribution in [-0.2, 0) is 9.59 Å². The maximum atomic E-state index is 13.0. The van der Waals surface area contributed by atoms with Gasteiger partial charge in [-0.2, -0.15) is 0 Å². The van der Waals surface area contributed by atoms with Gasteiger partial charge in [-0.15, -0.1) is 0 Å². The summed E-state index contributed by atoms with van der Waals surface area (Å²) < 4.78 is 16.2. The van der Waals surface area contributed by atoms with E-state index in [4.69, 9.17) is 14.2 Å². The van der Waals surface area contributed by atoms with Gasteiger partial charge in [0.25, 0.3) is 5.91 Å². The molecule has 0 aliphatic carbocycles. The first-order chi connectivity index (χ1) is 14.5. The van der Waals surface area contributed by atoms with Crippen molar-refractivity contribution in [2.45, 2.75) is 26.3 Å². The molecule has 0 spiro atoms. The molecule has 7 heteroatoms. The molecule has 1 aliphatic rings. The van der Waals surface area contributed by atoms with Gasteiger partial charge in [-0.05, 0) is 48.9 Å². The van der Waals surface area contributed by atoms with E-state index in [0.29, 0.717) is 35.1 Å². The van der Waals surface area contributed by atoms with E-state index in [1.807, 2.05) is 6.92 Å². The van der Waals surface area contributed by atoms with E-state index >= 15 is 0 Å². The zero-order chi connectivity index (χ0) is 21.8. The van der Waals surface area contributed by atoms with E-state index in [2.05, 4.69) is 0 Å². The normalized spacial score (nSPS) is 16.1. The van der Waals surface area contributed by atoms with Gasteiger partial charge in [0.1, 0.15) is 5.75 Å². The van der Waals surface area contributed by atoms with Crippen LogP contribution in [0.3, 0.4) is 0 Å². The predicted octanol–water partition coefficient (Wildman–Crippen LogP) is 3.98. The number of Topliss-reactive ketones (excluding diaryl/α,β-unsaturated/α-hetero) is 1. The highest BCUT2D eigenvalue weighted by Gasteiger charge is 2.44. The Morgan fingerprint density at radius 2 is 1.73 bits per heavy atom. The molecule has 2 aromatic carbocycles.